The van der Waals surface area contributed by atoms with Gasteiger partial charge in [-0.2, -0.15) is 0 Å². The molecule has 0 saturated carbocycles. The molecule has 0 amide bonds. The van der Waals surface area contributed by atoms with Crippen molar-refractivity contribution < 1.29 is 14.1 Å². The number of nitrogens with one attached hydrogen (secondary N) is 1. The first kappa shape index (κ1) is 16.6. The lowest BCUT2D eigenvalue weighted by molar-refractivity contribution is 0.0696. The number of aromatic nitrogens is 1. The van der Waals surface area contributed by atoms with Gasteiger partial charge in [0.15, 0.2) is 0 Å². The van der Waals surface area contributed by atoms with Crippen LogP contribution in [0.2, 0.25) is 0 Å². The Balaban J connectivity index is 2.78. The molecule has 1 rings (SSSR count). The van der Waals surface area contributed by atoms with Crippen LogP contribution in [0.5, 0.6) is 0 Å². The Labute approximate surface area is 122 Å². The lowest BCUT2D eigenvalue weighted by Gasteiger charge is -2.12. The summed E-state index contributed by atoms with van der Waals surface area (Å²) in [6.45, 7) is 6.49. The van der Waals surface area contributed by atoms with Gasteiger partial charge >= 0.3 is 5.97 Å². The molecule has 0 aliphatic carbocycles. The van der Waals surface area contributed by atoms with Crippen molar-refractivity contribution in [1.82, 2.24) is 4.98 Å². The Morgan fingerprint density at radius 3 is 2.55 bits per heavy atom. The van der Waals surface area contributed by atoms with Crippen LogP contribution in [0.25, 0.3) is 0 Å². The molecule has 2 unspecified atom stereocenters. The average Bonchev–Trinajstić information content (AvgIpc) is 2.37. The zero-order valence-electron chi connectivity index (χ0n) is 12.3. The highest BCUT2D eigenvalue weighted by Crippen LogP contribution is 2.18. The van der Waals surface area contributed by atoms with Gasteiger partial charge in [-0.05, 0) is 24.5 Å². The monoisotopic (exact) mass is 298 g/mol. The predicted molar refractivity (Wildman–Crippen MR) is 81.9 cm³/mol. The quantitative estimate of drug-likeness (QED) is 0.808. The summed E-state index contributed by atoms with van der Waals surface area (Å²) in [4.78, 5) is 15.5. The second-order valence-electron chi connectivity index (χ2n) is 5.15. The van der Waals surface area contributed by atoms with E-state index in [2.05, 4.69) is 10.3 Å². The maximum atomic E-state index is 11.3. The van der Waals surface area contributed by atoms with Crippen LogP contribution in [0, 0.1) is 0 Å². The minimum atomic E-state index is -0.958. The van der Waals surface area contributed by atoms with Crippen molar-refractivity contribution in [3.8, 4) is 0 Å². The van der Waals surface area contributed by atoms with Gasteiger partial charge in [-0.3, -0.25) is 4.21 Å². The van der Waals surface area contributed by atoms with Gasteiger partial charge < -0.3 is 10.4 Å². The van der Waals surface area contributed by atoms with Gasteiger partial charge in [-0.25, -0.2) is 9.78 Å². The maximum absolute atomic E-state index is 11.3. The SMILES string of the molecule is CC(C)c1cc(C(=O)O)cc(NCCC(C)S(C)=O)n1. The molecule has 1 aromatic heterocycles. The van der Waals surface area contributed by atoms with Crippen molar-refractivity contribution in [2.75, 3.05) is 18.1 Å². The van der Waals surface area contributed by atoms with E-state index in [-0.39, 0.29) is 16.7 Å². The number of pyridine rings is 1. The molecule has 0 bridgehead atoms. The van der Waals surface area contributed by atoms with Gasteiger partial charge in [0, 0.05) is 34.5 Å². The van der Waals surface area contributed by atoms with Gasteiger partial charge in [0.2, 0.25) is 0 Å². The highest BCUT2D eigenvalue weighted by atomic mass is 32.2. The van der Waals surface area contributed by atoms with Crippen molar-refractivity contribution in [2.45, 2.75) is 38.4 Å². The van der Waals surface area contributed by atoms with Crippen molar-refractivity contribution in [3.63, 3.8) is 0 Å². The molecule has 1 heterocycles. The van der Waals surface area contributed by atoms with E-state index in [0.717, 1.165) is 12.1 Å². The molecule has 0 aliphatic rings. The van der Waals surface area contributed by atoms with E-state index in [9.17, 15) is 9.00 Å². The van der Waals surface area contributed by atoms with E-state index in [1.54, 1.807) is 12.3 Å². The molecule has 112 valence electrons. The van der Waals surface area contributed by atoms with Crippen LogP contribution < -0.4 is 5.32 Å². The molecule has 5 nitrogen and oxygen atoms in total. The summed E-state index contributed by atoms with van der Waals surface area (Å²) in [6, 6.07) is 3.13. The number of hydrogen-bond acceptors (Lipinski definition) is 4. The summed E-state index contributed by atoms with van der Waals surface area (Å²) < 4.78 is 11.3. The van der Waals surface area contributed by atoms with Crippen LogP contribution in [-0.4, -0.2) is 38.3 Å². The van der Waals surface area contributed by atoms with Crippen LogP contribution in [0.4, 0.5) is 5.82 Å². The number of carbonyl (C=O) groups is 1. The summed E-state index contributed by atoms with van der Waals surface area (Å²) in [5.41, 5.74) is 0.984. The van der Waals surface area contributed by atoms with Crippen LogP contribution in [-0.2, 0) is 10.8 Å². The van der Waals surface area contributed by atoms with E-state index in [0.29, 0.717) is 12.4 Å². The van der Waals surface area contributed by atoms with Crippen molar-refractivity contribution >= 4 is 22.6 Å². The maximum Gasteiger partial charge on any atom is 0.335 e. The third kappa shape index (κ3) is 4.92. The third-order valence-corrected chi connectivity index (χ3v) is 4.48. The van der Waals surface area contributed by atoms with Gasteiger partial charge in [-0.15, -0.1) is 0 Å². The number of aromatic carboxylic acids is 1. The second kappa shape index (κ2) is 7.38. The van der Waals surface area contributed by atoms with Crippen molar-refractivity contribution in [2.24, 2.45) is 0 Å². The fraction of sp³-hybridized carbons (Fsp3) is 0.571. The third-order valence-electron chi connectivity index (χ3n) is 3.11. The van der Waals surface area contributed by atoms with Gasteiger partial charge in [0.05, 0.1) is 5.56 Å². The van der Waals surface area contributed by atoms with E-state index in [4.69, 9.17) is 5.11 Å². The zero-order valence-corrected chi connectivity index (χ0v) is 13.2. The molecule has 0 aromatic carbocycles. The number of carboxylic acid groups (broad SMARTS) is 1. The molecule has 1 aromatic rings. The second-order valence-corrected chi connectivity index (χ2v) is 6.95. The summed E-state index contributed by atoms with van der Waals surface area (Å²) in [6.07, 6.45) is 2.43. The largest absolute Gasteiger partial charge is 0.478 e. The van der Waals surface area contributed by atoms with Crippen LogP contribution in [0.3, 0.4) is 0 Å². The molecule has 6 heteroatoms. The lowest BCUT2D eigenvalue weighted by Crippen LogP contribution is -2.16. The zero-order chi connectivity index (χ0) is 15.3. The van der Waals surface area contributed by atoms with Gasteiger partial charge in [-0.1, -0.05) is 20.8 Å². The predicted octanol–water partition coefficient (Wildman–Crippen LogP) is 2.47. The summed E-state index contributed by atoms with van der Waals surface area (Å²) in [5, 5.41) is 12.3. The number of anilines is 1. The highest BCUT2D eigenvalue weighted by Gasteiger charge is 2.11. The molecule has 0 spiro atoms. The minimum Gasteiger partial charge on any atom is -0.478 e. The number of hydrogen-bond donors (Lipinski definition) is 2. The Kier molecular flexibility index (Phi) is 6.13. The Morgan fingerprint density at radius 1 is 1.40 bits per heavy atom. The van der Waals surface area contributed by atoms with E-state index in [1.165, 1.54) is 6.07 Å². The fourth-order valence-corrected chi connectivity index (χ4v) is 2.08. The average molecular weight is 298 g/mol. The van der Waals surface area contributed by atoms with Gasteiger partial charge in [0.25, 0.3) is 0 Å². The molecular formula is C14H22N2O3S. The lowest BCUT2D eigenvalue weighted by atomic mass is 10.1. The van der Waals surface area contributed by atoms with E-state index in [1.807, 2.05) is 20.8 Å². The standard InChI is InChI=1S/C14H22N2O3S/c1-9(2)12-7-11(14(17)18)8-13(16-12)15-6-5-10(3)20(4)19/h7-10H,5-6H2,1-4H3,(H,15,16)(H,17,18). The Bertz CT molecular complexity index is 503. The fourth-order valence-electron chi connectivity index (χ4n) is 1.63. The van der Waals surface area contributed by atoms with Crippen LogP contribution in [0.1, 0.15) is 49.2 Å². The number of carboxylic acids is 1. The smallest absolute Gasteiger partial charge is 0.335 e. The Hall–Kier alpha value is -1.43. The normalized spacial score (nSPS) is 14.1. The molecule has 2 N–H and O–H groups in total. The molecule has 0 radical (unpaired) electrons. The van der Waals surface area contributed by atoms with Crippen molar-refractivity contribution in [3.05, 3.63) is 23.4 Å². The first-order valence-corrected chi connectivity index (χ1v) is 8.24. The molecular weight excluding hydrogens is 276 g/mol. The Morgan fingerprint density at radius 2 is 2.05 bits per heavy atom. The number of nitrogens with zero attached hydrogens (tertiary/aromatic N) is 1. The molecule has 0 aliphatic heterocycles. The number of rotatable bonds is 7. The van der Waals surface area contributed by atoms with Crippen LogP contribution in [0.15, 0.2) is 12.1 Å². The van der Waals surface area contributed by atoms with Crippen molar-refractivity contribution in [1.29, 1.82) is 0 Å². The summed E-state index contributed by atoms with van der Waals surface area (Å²) >= 11 is 0. The topological polar surface area (TPSA) is 79.3 Å². The summed E-state index contributed by atoms with van der Waals surface area (Å²) in [5.74, 6) is -0.236. The van der Waals surface area contributed by atoms with Crippen LogP contribution >= 0.6 is 0 Å². The highest BCUT2D eigenvalue weighted by molar-refractivity contribution is 7.84. The van der Waals surface area contributed by atoms with E-state index >= 15 is 0 Å². The molecule has 2 atom stereocenters. The van der Waals surface area contributed by atoms with Gasteiger partial charge in [0.1, 0.15) is 5.82 Å². The first-order valence-electron chi connectivity index (χ1n) is 6.62. The first-order chi connectivity index (χ1) is 9.31. The minimum absolute atomic E-state index is 0.106. The molecule has 20 heavy (non-hydrogen) atoms. The molecule has 0 saturated heterocycles. The molecule has 0 fully saturated rings. The van der Waals surface area contributed by atoms with E-state index < -0.39 is 16.8 Å². The summed E-state index contributed by atoms with van der Waals surface area (Å²) in [7, 11) is -0.846.